The van der Waals surface area contributed by atoms with Crippen molar-refractivity contribution in [2.24, 2.45) is 11.8 Å². The molecule has 2 aliphatic carbocycles. The van der Waals surface area contributed by atoms with Crippen molar-refractivity contribution >= 4 is 21.7 Å². The maximum Gasteiger partial charge on any atom is 0.136 e. The Morgan fingerprint density at radius 3 is 2.84 bits per heavy atom. The van der Waals surface area contributed by atoms with Gasteiger partial charge in [-0.2, -0.15) is 5.10 Å². The fourth-order valence-electron chi connectivity index (χ4n) is 4.17. The Kier molecular flexibility index (Phi) is 2.64. The highest BCUT2D eigenvalue weighted by molar-refractivity contribution is 9.10. The normalized spacial score (nSPS) is 34.0. The molecule has 3 unspecified atom stereocenters. The number of Topliss-reactive ketones (excluding diaryl/α,β-unsaturated/α-hetero) is 1. The van der Waals surface area contributed by atoms with Gasteiger partial charge in [-0.05, 0) is 41.6 Å². The fourth-order valence-corrected chi connectivity index (χ4v) is 4.59. The van der Waals surface area contributed by atoms with Gasteiger partial charge in [0.05, 0.1) is 12.2 Å². The molecule has 102 valence electrons. The van der Waals surface area contributed by atoms with Crippen LogP contribution in [0.2, 0.25) is 0 Å². The highest BCUT2D eigenvalue weighted by atomic mass is 79.9. The van der Waals surface area contributed by atoms with E-state index in [4.69, 9.17) is 0 Å². The fraction of sp³-hybridized carbons (Fsp3) is 0.714. The topological polar surface area (TPSA) is 38.1 Å². The number of carbonyl (C=O) groups is 1. The highest BCUT2D eigenvalue weighted by Crippen LogP contribution is 2.45. The van der Waals surface area contributed by atoms with Crippen LogP contribution in [0.25, 0.3) is 0 Å². The lowest BCUT2D eigenvalue weighted by Crippen LogP contribution is -2.44. The number of ketones is 1. The maximum absolute atomic E-state index is 11.7. The molecule has 2 heterocycles. The number of carbonyl (C=O) groups excluding carboxylic acids is 1. The largest absolute Gasteiger partial charge is 0.299 e. The van der Waals surface area contributed by atoms with Crippen LogP contribution in [0.3, 0.4) is 0 Å². The minimum Gasteiger partial charge on any atom is -0.299 e. The van der Waals surface area contributed by atoms with Crippen LogP contribution in [0.15, 0.2) is 4.60 Å². The van der Waals surface area contributed by atoms with Crippen molar-refractivity contribution in [1.82, 2.24) is 14.7 Å². The van der Waals surface area contributed by atoms with Crippen molar-refractivity contribution < 1.29 is 4.79 Å². The van der Waals surface area contributed by atoms with Crippen molar-refractivity contribution in [3.8, 4) is 0 Å². The van der Waals surface area contributed by atoms with Crippen molar-refractivity contribution in [3.63, 3.8) is 0 Å². The van der Waals surface area contributed by atoms with Gasteiger partial charge in [0.15, 0.2) is 0 Å². The molecular formula is C14H18BrN3O. The molecule has 4 nitrogen and oxygen atoms in total. The van der Waals surface area contributed by atoms with Crippen LogP contribution in [0, 0.1) is 18.8 Å². The first-order valence-corrected chi connectivity index (χ1v) is 7.91. The minimum atomic E-state index is 0.370. The summed E-state index contributed by atoms with van der Waals surface area (Å²) in [4.78, 5) is 14.3. The molecule has 0 spiro atoms. The Bertz CT molecular complexity index is 553. The molecule has 0 saturated heterocycles. The lowest BCUT2D eigenvalue weighted by molar-refractivity contribution is -0.122. The van der Waals surface area contributed by atoms with E-state index in [0.717, 1.165) is 43.5 Å². The van der Waals surface area contributed by atoms with Crippen LogP contribution in [0.4, 0.5) is 0 Å². The molecule has 3 aliphatic rings. The van der Waals surface area contributed by atoms with Gasteiger partial charge < -0.3 is 0 Å². The number of halogens is 1. The van der Waals surface area contributed by atoms with Crippen molar-refractivity contribution in [2.45, 2.75) is 45.3 Å². The molecule has 2 saturated carbocycles. The zero-order chi connectivity index (χ0) is 13.1. The van der Waals surface area contributed by atoms with Gasteiger partial charge in [0, 0.05) is 37.0 Å². The Hall–Kier alpha value is -0.680. The smallest absolute Gasteiger partial charge is 0.136 e. The molecule has 0 aromatic carbocycles. The summed E-state index contributed by atoms with van der Waals surface area (Å²) in [5, 5.41) is 4.52. The van der Waals surface area contributed by atoms with Crippen molar-refractivity contribution in [1.29, 1.82) is 0 Å². The zero-order valence-electron chi connectivity index (χ0n) is 11.1. The summed E-state index contributed by atoms with van der Waals surface area (Å²) >= 11 is 3.53. The van der Waals surface area contributed by atoms with Gasteiger partial charge >= 0.3 is 0 Å². The Morgan fingerprint density at radius 2 is 2.16 bits per heavy atom. The van der Waals surface area contributed by atoms with E-state index in [2.05, 4.69) is 37.5 Å². The quantitative estimate of drug-likeness (QED) is 0.794. The summed E-state index contributed by atoms with van der Waals surface area (Å²) in [5.74, 6) is 1.51. The Balaban J connectivity index is 1.56. The van der Waals surface area contributed by atoms with Crippen molar-refractivity contribution in [2.75, 3.05) is 6.54 Å². The summed E-state index contributed by atoms with van der Waals surface area (Å²) in [6.07, 6.45) is 3.06. The molecule has 0 N–H and O–H groups in total. The number of hydrogen-bond acceptors (Lipinski definition) is 3. The van der Waals surface area contributed by atoms with E-state index in [1.807, 2.05) is 0 Å². The van der Waals surface area contributed by atoms with Crippen LogP contribution in [0.5, 0.6) is 0 Å². The molecule has 2 bridgehead atoms. The van der Waals surface area contributed by atoms with Crippen LogP contribution in [0.1, 0.15) is 30.5 Å². The summed E-state index contributed by atoms with van der Waals surface area (Å²) < 4.78 is 3.11. The van der Waals surface area contributed by atoms with Gasteiger partial charge in [-0.15, -0.1) is 0 Å². The number of aromatic nitrogens is 2. The Labute approximate surface area is 121 Å². The molecule has 0 amide bonds. The molecule has 4 rings (SSSR count). The van der Waals surface area contributed by atoms with Gasteiger partial charge in [0.2, 0.25) is 0 Å². The van der Waals surface area contributed by atoms with Crippen LogP contribution in [-0.2, 0) is 17.9 Å². The third-order valence-corrected chi connectivity index (χ3v) is 6.01. The maximum atomic E-state index is 11.7. The van der Waals surface area contributed by atoms with Crippen LogP contribution in [-0.4, -0.2) is 33.1 Å². The van der Waals surface area contributed by atoms with E-state index in [9.17, 15) is 4.79 Å². The van der Waals surface area contributed by atoms with E-state index in [1.54, 1.807) is 0 Å². The second-order valence-electron chi connectivity index (χ2n) is 6.22. The molecule has 3 atom stereocenters. The first kappa shape index (κ1) is 12.1. The van der Waals surface area contributed by atoms with E-state index in [-0.39, 0.29) is 0 Å². The van der Waals surface area contributed by atoms with Crippen molar-refractivity contribution in [3.05, 3.63) is 15.9 Å². The van der Waals surface area contributed by atoms with E-state index < -0.39 is 0 Å². The highest BCUT2D eigenvalue weighted by Gasteiger charge is 2.47. The van der Waals surface area contributed by atoms with Gasteiger partial charge in [-0.1, -0.05) is 0 Å². The number of nitrogens with zero attached hydrogens (tertiary/aromatic N) is 3. The number of hydrogen-bond donors (Lipinski definition) is 0. The molecular weight excluding hydrogens is 306 g/mol. The van der Waals surface area contributed by atoms with Gasteiger partial charge in [0.25, 0.3) is 0 Å². The lowest BCUT2D eigenvalue weighted by Gasteiger charge is -2.37. The molecule has 1 aromatic rings. The third-order valence-electron chi connectivity index (χ3n) is 5.26. The molecule has 1 aromatic heterocycles. The van der Waals surface area contributed by atoms with Gasteiger partial charge in [-0.25, -0.2) is 0 Å². The summed E-state index contributed by atoms with van der Waals surface area (Å²) in [6, 6.07) is 0.629. The number of rotatable bonds is 1. The van der Waals surface area contributed by atoms with Crippen LogP contribution >= 0.6 is 15.9 Å². The number of fused-ring (bicyclic) bond motifs is 3. The average Bonchev–Trinajstić information content (AvgIpc) is 3.03. The van der Waals surface area contributed by atoms with E-state index >= 15 is 0 Å². The monoisotopic (exact) mass is 323 g/mol. The summed E-state index contributed by atoms with van der Waals surface area (Å²) in [7, 11) is 0. The predicted molar refractivity (Wildman–Crippen MR) is 74.7 cm³/mol. The molecule has 1 aliphatic heterocycles. The van der Waals surface area contributed by atoms with E-state index in [0.29, 0.717) is 23.7 Å². The first-order chi connectivity index (χ1) is 9.13. The zero-order valence-corrected chi connectivity index (χ0v) is 12.7. The van der Waals surface area contributed by atoms with Gasteiger partial charge in [-0.3, -0.25) is 14.4 Å². The molecule has 5 heteroatoms. The third kappa shape index (κ3) is 1.74. The lowest BCUT2D eigenvalue weighted by atomic mass is 9.92. The predicted octanol–water partition coefficient (Wildman–Crippen LogP) is 2.14. The standard InChI is InChI=1S/C14H18BrN3O/c1-8-12-7-17(2-3-18(12)16-14(8)15)11-5-10-4-9(11)6-13(10)19/h9-11H,2-7H2,1H3. The van der Waals surface area contributed by atoms with E-state index in [1.165, 1.54) is 11.3 Å². The minimum absolute atomic E-state index is 0.370. The SMILES string of the molecule is Cc1c(Br)nn2c1CN(C1CC3CC1CC3=O)CC2. The molecule has 19 heavy (non-hydrogen) atoms. The second-order valence-corrected chi connectivity index (χ2v) is 6.97. The second kappa shape index (κ2) is 4.16. The van der Waals surface area contributed by atoms with Gasteiger partial charge in [0.1, 0.15) is 10.4 Å². The summed E-state index contributed by atoms with van der Waals surface area (Å²) in [5.41, 5.74) is 2.61. The molecule has 0 radical (unpaired) electrons. The Morgan fingerprint density at radius 1 is 1.32 bits per heavy atom. The molecule has 2 fully saturated rings. The first-order valence-electron chi connectivity index (χ1n) is 7.12. The van der Waals surface area contributed by atoms with Crippen LogP contribution < -0.4 is 0 Å². The summed E-state index contributed by atoms with van der Waals surface area (Å²) in [6.45, 7) is 5.18. The average molecular weight is 324 g/mol.